The Morgan fingerprint density at radius 2 is 1.96 bits per heavy atom. The number of hydrogen-bond acceptors (Lipinski definition) is 5. The molecule has 1 N–H and O–H groups in total. The van der Waals surface area contributed by atoms with Crippen LogP contribution in [0.2, 0.25) is 0 Å². The first kappa shape index (κ1) is 18.7. The summed E-state index contributed by atoms with van der Waals surface area (Å²) in [4.78, 5) is 16.6. The van der Waals surface area contributed by atoms with E-state index < -0.39 is 9.84 Å². The molecule has 0 radical (unpaired) electrons. The van der Waals surface area contributed by atoms with Crippen LogP contribution in [0.4, 0.5) is 5.69 Å². The summed E-state index contributed by atoms with van der Waals surface area (Å²) in [5.74, 6) is 0.223. The number of amides is 1. The molecule has 8 heteroatoms. The van der Waals surface area contributed by atoms with E-state index in [0.29, 0.717) is 22.7 Å². The molecule has 3 aromatic rings. The maximum absolute atomic E-state index is 12.7. The first-order valence-corrected chi connectivity index (χ1v) is 9.98. The first-order valence-electron chi connectivity index (χ1n) is 8.09. The van der Waals surface area contributed by atoms with Crippen LogP contribution in [0.3, 0.4) is 0 Å². The van der Waals surface area contributed by atoms with Crippen LogP contribution in [0.15, 0.2) is 60.0 Å². The highest BCUT2D eigenvalue weighted by Gasteiger charge is 2.17. The van der Waals surface area contributed by atoms with Crippen molar-refractivity contribution < 1.29 is 17.9 Å². The number of ether oxygens (including phenoxy) is 1. The fourth-order valence-electron chi connectivity index (χ4n) is 2.67. The van der Waals surface area contributed by atoms with E-state index in [-0.39, 0.29) is 11.1 Å². The van der Waals surface area contributed by atoms with Crippen LogP contribution >= 0.6 is 0 Å². The van der Waals surface area contributed by atoms with Crippen molar-refractivity contribution >= 4 is 21.4 Å². The molecule has 0 spiro atoms. The molecule has 0 bridgehead atoms. The van der Waals surface area contributed by atoms with Gasteiger partial charge in [0.1, 0.15) is 5.75 Å². The maximum Gasteiger partial charge on any atom is 0.255 e. The van der Waals surface area contributed by atoms with Crippen molar-refractivity contribution in [3.63, 3.8) is 0 Å². The summed E-state index contributed by atoms with van der Waals surface area (Å²) in [5.41, 5.74) is 2.45. The predicted molar refractivity (Wildman–Crippen MR) is 102 cm³/mol. The second-order valence-corrected chi connectivity index (χ2v) is 7.97. The minimum atomic E-state index is -3.50. The van der Waals surface area contributed by atoms with E-state index in [1.807, 2.05) is 19.1 Å². The Balaban J connectivity index is 1.94. The van der Waals surface area contributed by atoms with Crippen molar-refractivity contribution in [3.05, 3.63) is 66.0 Å². The molecule has 0 aliphatic heterocycles. The number of aryl methyl sites for hydroxylation is 1. The van der Waals surface area contributed by atoms with Crippen LogP contribution in [0.5, 0.6) is 5.75 Å². The van der Waals surface area contributed by atoms with Gasteiger partial charge < -0.3 is 10.1 Å². The number of methoxy groups -OCH3 is 1. The monoisotopic (exact) mass is 385 g/mol. The number of nitrogens with one attached hydrogen (secondary N) is 1. The van der Waals surface area contributed by atoms with E-state index in [2.05, 4.69) is 10.3 Å². The van der Waals surface area contributed by atoms with Gasteiger partial charge in [0.2, 0.25) is 15.0 Å². The van der Waals surface area contributed by atoms with Gasteiger partial charge in [-0.25, -0.2) is 13.4 Å². The van der Waals surface area contributed by atoms with E-state index in [4.69, 9.17) is 4.74 Å². The Morgan fingerprint density at radius 1 is 1.19 bits per heavy atom. The molecule has 0 atom stereocenters. The van der Waals surface area contributed by atoms with Gasteiger partial charge in [-0.15, -0.1) is 0 Å². The number of anilines is 1. The Morgan fingerprint density at radius 3 is 2.67 bits per heavy atom. The predicted octanol–water partition coefficient (Wildman–Crippen LogP) is 2.85. The van der Waals surface area contributed by atoms with Gasteiger partial charge in [0, 0.05) is 29.9 Å². The standard InChI is InChI=1S/C19H19N3O4S/c1-13-7-8-17(26-2)16(11-13)21-18(23)14-5-4-6-15(12-14)22-10-9-20-19(22)27(3,24)25/h4-12H,1-3H3,(H,21,23). The molecule has 0 aliphatic rings. The number of carbonyl (C=O) groups is 1. The molecule has 7 nitrogen and oxygen atoms in total. The highest BCUT2D eigenvalue weighted by Crippen LogP contribution is 2.26. The Bertz CT molecular complexity index is 1100. The average molecular weight is 385 g/mol. The fraction of sp³-hybridized carbons (Fsp3) is 0.158. The molecular weight excluding hydrogens is 366 g/mol. The molecule has 2 aromatic carbocycles. The molecule has 27 heavy (non-hydrogen) atoms. The Kier molecular flexibility index (Phi) is 5.00. The van der Waals surface area contributed by atoms with Crippen molar-refractivity contribution in [2.45, 2.75) is 12.1 Å². The molecule has 1 amide bonds. The van der Waals surface area contributed by atoms with Gasteiger partial charge in [-0.05, 0) is 42.8 Å². The smallest absolute Gasteiger partial charge is 0.255 e. The van der Waals surface area contributed by atoms with Gasteiger partial charge in [0.25, 0.3) is 5.91 Å². The zero-order chi connectivity index (χ0) is 19.6. The lowest BCUT2D eigenvalue weighted by atomic mass is 10.1. The second-order valence-electron chi connectivity index (χ2n) is 6.06. The van der Waals surface area contributed by atoms with Gasteiger partial charge in [-0.3, -0.25) is 9.36 Å². The van der Waals surface area contributed by atoms with Crippen LogP contribution in [-0.2, 0) is 9.84 Å². The van der Waals surface area contributed by atoms with Gasteiger partial charge in [-0.2, -0.15) is 0 Å². The van der Waals surface area contributed by atoms with E-state index in [1.165, 1.54) is 24.1 Å². The summed E-state index contributed by atoms with van der Waals surface area (Å²) < 4.78 is 30.5. The van der Waals surface area contributed by atoms with E-state index >= 15 is 0 Å². The Hall–Kier alpha value is -3.13. The zero-order valence-corrected chi connectivity index (χ0v) is 15.9. The van der Waals surface area contributed by atoms with Crippen LogP contribution in [0, 0.1) is 6.92 Å². The molecule has 1 aromatic heterocycles. The molecule has 0 fully saturated rings. The number of aromatic nitrogens is 2. The van der Waals surface area contributed by atoms with Gasteiger partial charge in [0.15, 0.2) is 0 Å². The van der Waals surface area contributed by atoms with Gasteiger partial charge in [-0.1, -0.05) is 12.1 Å². The largest absolute Gasteiger partial charge is 0.495 e. The normalized spacial score (nSPS) is 11.2. The number of sulfone groups is 1. The van der Waals surface area contributed by atoms with Crippen molar-refractivity contribution in [1.29, 1.82) is 0 Å². The highest BCUT2D eigenvalue weighted by atomic mass is 32.2. The van der Waals surface area contributed by atoms with Crippen LogP contribution < -0.4 is 10.1 Å². The number of carbonyl (C=O) groups excluding carboxylic acids is 1. The third-order valence-electron chi connectivity index (χ3n) is 3.93. The maximum atomic E-state index is 12.7. The van der Waals surface area contributed by atoms with Gasteiger partial charge in [0.05, 0.1) is 12.8 Å². The lowest BCUT2D eigenvalue weighted by Gasteiger charge is -2.12. The third-order valence-corrected chi connectivity index (χ3v) is 4.89. The summed E-state index contributed by atoms with van der Waals surface area (Å²) in [6, 6.07) is 12.1. The number of hydrogen-bond donors (Lipinski definition) is 1. The molecule has 3 rings (SSSR count). The quantitative estimate of drug-likeness (QED) is 0.729. The average Bonchev–Trinajstić information content (AvgIpc) is 3.12. The summed E-state index contributed by atoms with van der Waals surface area (Å²) in [6.45, 7) is 1.92. The van der Waals surface area contributed by atoms with Crippen molar-refractivity contribution in [1.82, 2.24) is 9.55 Å². The lowest BCUT2D eigenvalue weighted by Crippen LogP contribution is -2.14. The van der Waals surface area contributed by atoms with E-state index in [9.17, 15) is 13.2 Å². The topological polar surface area (TPSA) is 90.3 Å². The minimum Gasteiger partial charge on any atom is -0.495 e. The summed E-state index contributed by atoms with van der Waals surface area (Å²) >= 11 is 0. The molecular formula is C19H19N3O4S. The minimum absolute atomic E-state index is 0.0830. The molecule has 1 heterocycles. The SMILES string of the molecule is COc1ccc(C)cc1NC(=O)c1cccc(-n2ccnc2S(C)(=O)=O)c1. The fourth-order valence-corrected chi connectivity index (χ4v) is 3.45. The number of nitrogens with zero attached hydrogens (tertiary/aromatic N) is 2. The van der Waals surface area contributed by atoms with Crippen LogP contribution in [0.1, 0.15) is 15.9 Å². The summed E-state index contributed by atoms with van der Waals surface area (Å²) in [6.07, 6.45) is 4.03. The Labute approximate surface area is 157 Å². The van der Waals surface area contributed by atoms with E-state index in [1.54, 1.807) is 30.3 Å². The molecule has 0 aliphatic carbocycles. The molecule has 0 saturated carbocycles. The number of rotatable bonds is 5. The molecule has 0 unspecified atom stereocenters. The molecule has 140 valence electrons. The third kappa shape index (κ3) is 4.01. The van der Waals surface area contributed by atoms with Crippen molar-refractivity contribution in [2.75, 3.05) is 18.7 Å². The van der Waals surface area contributed by atoms with Crippen molar-refractivity contribution in [2.24, 2.45) is 0 Å². The zero-order valence-electron chi connectivity index (χ0n) is 15.1. The first-order chi connectivity index (χ1) is 12.8. The lowest BCUT2D eigenvalue weighted by molar-refractivity contribution is 0.102. The van der Waals surface area contributed by atoms with E-state index in [0.717, 1.165) is 11.8 Å². The van der Waals surface area contributed by atoms with Crippen LogP contribution in [0.25, 0.3) is 5.69 Å². The van der Waals surface area contributed by atoms with Gasteiger partial charge >= 0.3 is 0 Å². The number of imidazole rings is 1. The second kappa shape index (κ2) is 7.24. The van der Waals surface area contributed by atoms with Crippen LogP contribution in [-0.4, -0.2) is 37.2 Å². The highest BCUT2D eigenvalue weighted by molar-refractivity contribution is 7.90. The molecule has 0 saturated heterocycles. The number of benzene rings is 2. The summed E-state index contributed by atoms with van der Waals surface area (Å²) in [7, 11) is -1.96. The van der Waals surface area contributed by atoms with Crippen molar-refractivity contribution in [3.8, 4) is 11.4 Å². The summed E-state index contributed by atoms with van der Waals surface area (Å²) in [5, 5.41) is 2.75.